The van der Waals surface area contributed by atoms with Gasteiger partial charge >= 0.3 is 0 Å². The summed E-state index contributed by atoms with van der Waals surface area (Å²) in [6, 6.07) is 34.0. The van der Waals surface area contributed by atoms with Crippen LogP contribution in [0.15, 0.2) is 97.1 Å². The van der Waals surface area contributed by atoms with Gasteiger partial charge in [-0.05, 0) is 45.5 Å². The van der Waals surface area contributed by atoms with Crippen LogP contribution in [0.3, 0.4) is 0 Å². The van der Waals surface area contributed by atoms with Crippen molar-refractivity contribution in [1.29, 1.82) is 0 Å². The third-order valence-electron chi connectivity index (χ3n) is 5.68. The Kier molecular flexibility index (Phi) is 3.34. The Morgan fingerprint density at radius 2 is 1.04 bits per heavy atom. The summed E-state index contributed by atoms with van der Waals surface area (Å²) in [6.45, 7) is 0. The van der Waals surface area contributed by atoms with Crippen molar-refractivity contribution in [3.05, 3.63) is 119 Å². The van der Waals surface area contributed by atoms with Crippen LogP contribution in [-0.4, -0.2) is 0 Å². The highest BCUT2D eigenvalue weighted by Gasteiger charge is 2.45. The fraction of sp³-hybridized carbons (Fsp3) is 0.0400. The Hall–Kier alpha value is -3.52. The SMILES string of the molecule is Nc1ccc(C2(c3ccccc3)c3ccccc3-c3ccccc32)cc1N. The van der Waals surface area contributed by atoms with Gasteiger partial charge in [0.1, 0.15) is 0 Å². The molecule has 130 valence electrons. The number of benzene rings is 4. The molecule has 0 unspecified atom stereocenters. The Balaban J connectivity index is 1.97. The van der Waals surface area contributed by atoms with Crippen molar-refractivity contribution in [2.24, 2.45) is 0 Å². The van der Waals surface area contributed by atoms with Crippen LogP contribution in [0.4, 0.5) is 11.4 Å². The van der Waals surface area contributed by atoms with E-state index in [2.05, 4.69) is 84.9 Å². The normalized spacial score (nSPS) is 13.8. The van der Waals surface area contributed by atoms with Gasteiger partial charge in [-0.3, -0.25) is 0 Å². The first-order chi connectivity index (χ1) is 13.2. The quantitative estimate of drug-likeness (QED) is 0.430. The first-order valence-electron chi connectivity index (χ1n) is 9.13. The molecule has 1 aliphatic rings. The first kappa shape index (κ1) is 15.7. The Morgan fingerprint density at radius 3 is 1.63 bits per heavy atom. The molecule has 2 heteroatoms. The van der Waals surface area contributed by atoms with E-state index in [0.29, 0.717) is 11.4 Å². The zero-order chi connectivity index (χ0) is 18.4. The van der Waals surface area contributed by atoms with Gasteiger partial charge in [-0.1, -0.05) is 84.9 Å². The third-order valence-corrected chi connectivity index (χ3v) is 5.68. The minimum absolute atomic E-state index is 0.406. The molecule has 4 aromatic carbocycles. The van der Waals surface area contributed by atoms with Crippen LogP contribution in [-0.2, 0) is 5.41 Å². The Morgan fingerprint density at radius 1 is 0.481 bits per heavy atom. The van der Waals surface area contributed by atoms with E-state index in [4.69, 9.17) is 11.5 Å². The predicted molar refractivity (Wildman–Crippen MR) is 113 cm³/mol. The number of anilines is 2. The molecule has 2 nitrogen and oxygen atoms in total. The molecule has 0 fully saturated rings. The molecule has 0 bridgehead atoms. The van der Waals surface area contributed by atoms with E-state index in [1.165, 1.54) is 27.8 Å². The predicted octanol–water partition coefficient (Wildman–Crippen LogP) is 5.21. The summed E-state index contributed by atoms with van der Waals surface area (Å²) in [7, 11) is 0. The van der Waals surface area contributed by atoms with Crippen LogP contribution in [0.25, 0.3) is 11.1 Å². The molecule has 4 N–H and O–H groups in total. The molecule has 0 radical (unpaired) electrons. The highest BCUT2D eigenvalue weighted by Crippen LogP contribution is 2.56. The zero-order valence-electron chi connectivity index (χ0n) is 14.9. The Labute approximate surface area is 159 Å². The van der Waals surface area contributed by atoms with E-state index < -0.39 is 5.41 Å². The topological polar surface area (TPSA) is 52.0 Å². The molecule has 4 aromatic rings. The van der Waals surface area contributed by atoms with Crippen LogP contribution in [0.2, 0.25) is 0 Å². The average Bonchev–Trinajstić information content (AvgIpc) is 3.02. The van der Waals surface area contributed by atoms with Gasteiger partial charge in [0.2, 0.25) is 0 Å². The summed E-state index contributed by atoms with van der Waals surface area (Å²) in [6.07, 6.45) is 0. The second kappa shape index (κ2) is 5.75. The monoisotopic (exact) mass is 348 g/mol. The van der Waals surface area contributed by atoms with Crippen molar-refractivity contribution < 1.29 is 0 Å². The van der Waals surface area contributed by atoms with Crippen LogP contribution in [0, 0.1) is 0 Å². The van der Waals surface area contributed by atoms with Gasteiger partial charge in [0.15, 0.2) is 0 Å². The zero-order valence-corrected chi connectivity index (χ0v) is 14.9. The molecule has 0 saturated carbocycles. The minimum Gasteiger partial charge on any atom is -0.397 e. The van der Waals surface area contributed by atoms with Gasteiger partial charge in [0.05, 0.1) is 16.8 Å². The van der Waals surface area contributed by atoms with Crippen LogP contribution >= 0.6 is 0 Å². The van der Waals surface area contributed by atoms with Crippen molar-refractivity contribution in [3.63, 3.8) is 0 Å². The second-order valence-electron chi connectivity index (χ2n) is 7.05. The first-order valence-corrected chi connectivity index (χ1v) is 9.13. The molecule has 0 aromatic heterocycles. The summed E-state index contributed by atoms with van der Waals surface area (Å²) in [5.41, 5.74) is 20.6. The standard InChI is InChI=1S/C25H20N2/c26-23-15-14-18(16-24(23)27)25(17-8-2-1-3-9-17)21-12-6-4-10-19(21)20-11-5-7-13-22(20)25/h1-16H,26-27H2. The third kappa shape index (κ3) is 2.07. The van der Waals surface area contributed by atoms with Crippen LogP contribution in [0.1, 0.15) is 22.3 Å². The summed E-state index contributed by atoms with van der Waals surface area (Å²) < 4.78 is 0. The molecule has 0 spiro atoms. The van der Waals surface area contributed by atoms with E-state index >= 15 is 0 Å². The van der Waals surface area contributed by atoms with E-state index in [1.54, 1.807) is 0 Å². The largest absolute Gasteiger partial charge is 0.397 e. The van der Waals surface area contributed by atoms with Gasteiger partial charge in [-0.25, -0.2) is 0 Å². The summed E-state index contributed by atoms with van der Waals surface area (Å²) >= 11 is 0. The maximum atomic E-state index is 6.24. The van der Waals surface area contributed by atoms with Crippen LogP contribution < -0.4 is 11.5 Å². The summed E-state index contributed by atoms with van der Waals surface area (Å²) in [4.78, 5) is 0. The molecule has 0 saturated heterocycles. The summed E-state index contributed by atoms with van der Waals surface area (Å²) in [5, 5.41) is 0. The molecule has 27 heavy (non-hydrogen) atoms. The van der Waals surface area contributed by atoms with E-state index in [0.717, 1.165) is 5.56 Å². The van der Waals surface area contributed by atoms with Crippen molar-refractivity contribution in [3.8, 4) is 11.1 Å². The fourth-order valence-corrected chi connectivity index (χ4v) is 4.52. The molecular formula is C25H20N2. The molecule has 1 aliphatic carbocycles. The number of nitrogens with two attached hydrogens (primary N) is 2. The maximum Gasteiger partial charge on any atom is 0.0714 e. The maximum absolute atomic E-state index is 6.24. The van der Waals surface area contributed by atoms with Crippen molar-refractivity contribution in [2.45, 2.75) is 5.41 Å². The van der Waals surface area contributed by atoms with E-state index in [1.807, 2.05) is 12.1 Å². The summed E-state index contributed by atoms with van der Waals surface area (Å²) in [5.74, 6) is 0. The van der Waals surface area contributed by atoms with Gasteiger partial charge in [0.25, 0.3) is 0 Å². The lowest BCUT2D eigenvalue weighted by Crippen LogP contribution is -2.28. The van der Waals surface area contributed by atoms with Crippen molar-refractivity contribution in [1.82, 2.24) is 0 Å². The average molecular weight is 348 g/mol. The number of nitrogen functional groups attached to an aromatic ring is 2. The molecule has 0 aliphatic heterocycles. The molecular weight excluding hydrogens is 328 g/mol. The molecule has 5 rings (SSSR count). The van der Waals surface area contributed by atoms with Gasteiger partial charge < -0.3 is 11.5 Å². The van der Waals surface area contributed by atoms with E-state index in [9.17, 15) is 0 Å². The van der Waals surface area contributed by atoms with Crippen LogP contribution in [0.5, 0.6) is 0 Å². The number of hydrogen-bond donors (Lipinski definition) is 2. The molecule has 0 amide bonds. The number of rotatable bonds is 2. The van der Waals surface area contributed by atoms with Gasteiger partial charge in [0, 0.05) is 0 Å². The lowest BCUT2D eigenvalue weighted by atomic mass is 9.67. The smallest absolute Gasteiger partial charge is 0.0714 e. The van der Waals surface area contributed by atoms with Crippen molar-refractivity contribution >= 4 is 11.4 Å². The highest BCUT2D eigenvalue weighted by molar-refractivity contribution is 5.86. The van der Waals surface area contributed by atoms with Crippen molar-refractivity contribution in [2.75, 3.05) is 11.5 Å². The Bertz CT molecular complexity index is 1100. The number of fused-ring (bicyclic) bond motifs is 3. The second-order valence-corrected chi connectivity index (χ2v) is 7.05. The van der Waals surface area contributed by atoms with E-state index in [-0.39, 0.29) is 0 Å². The number of hydrogen-bond acceptors (Lipinski definition) is 2. The lowest BCUT2D eigenvalue weighted by molar-refractivity contribution is 0.769. The molecule has 0 heterocycles. The fourth-order valence-electron chi connectivity index (χ4n) is 4.52. The van der Waals surface area contributed by atoms with Gasteiger partial charge in [-0.2, -0.15) is 0 Å². The minimum atomic E-state index is -0.406. The highest BCUT2D eigenvalue weighted by atomic mass is 14.7. The van der Waals surface area contributed by atoms with Gasteiger partial charge in [-0.15, -0.1) is 0 Å². The molecule has 0 atom stereocenters. The lowest BCUT2D eigenvalue weighted by Gasteiger charge is -2.34.